The van der Waals surface area contributed by atoms with Crippen molar-refractivity contribution < 1.29 is 9.18 Å². The van der Waals surface area contributed by atoms with Gasteiger partial charge in [0.1, 0.15) is 5.82 Å². The number of hydrogen-bond donors (Lipinski definition) is 2. The predicted molar refractivity (Wildman–Crippen MR) is 56.7 cm³/mol. The summed E-state index contributed by atoms with van der Waals surface area (Å²) in [5.74, 6) is -0.720. The third-order valence-electron chi connectivity index (χ3n) is 1.54. The van der Waals surface area contributed by atoms with Crippen LogP contribution >= 0.6 is 15.9 Å². The molecule has 0 bridgehead atoms. The summed E-state index contributed by atoms with van der Waals surface area (Å²) >= 11 is 3.19. The molecule has 1 aromatic carbocycles. The van der Waals surface area contributed by atoms with Crippen LogP contribution in [0.2, 0.25) is 0 Å². The van der Waals surface area contributed by atoms with Crippen LogP contribution in [0.1, 0.15) is 0 Å². The first kappa shape index (κ1) is 11.1. The average Bonchev–Trinajstić information content (AvgIpc) is 2.12. The van der Waals surface area contributed by atoms with Gasteiger partial charge < -0.3 is 10.6 Å². The van der Waals surface area contributed by atoms with Crippen molar-refractivity contribution in [3.8, 4) is 0 Å². The van der Waals surface area contributed by atoms with Crippen molar-refractivity contribution in [3.63, 3.8) is 0 Å². The van der Waals surface area contributed by atoms with E-state index in [1.54, 1.807) is 13.1 Å². The Morgan fingerprint density at radius 1 is 1.57 bits per heavy atom. The molecule has 0 saturated carbocycles. The van der Waals surface area contributed by atoms with Crippen molar-refractivity contribution in [1.29, 1.82) is 0 Å². The van der Waals surface area contributed by atoms with Gasteiger partial charge in [-0.2, -0.15) is 0 Å². The summed E-state index contributed by atoms with van der Waals surface area (Å²) in [6, 6.07) is 4.38. The van der Waals surface area contributed by atoms with Gasteiger partial charge in [-0.05, 0) is 25.2 Å². The molecule has 14 heavy (non-hydrogen) atoms. The van der Waals surface area contributed by atoms with Gasteiger partial charge in [0.25, 0.3) is 0 Å². The molecular formula is C9H10BrFN2O. The lowest BCUT2D eigenvalue weighted by atomic mass is 10.3. The second-order valence-corrected chi connectivity index (χ2v) is 3.62. The molecular weight excluding hydrogens is 251 g/mol. The molecule has 0 aliphatic carbocycles. The SMILES string of the molecule is CNCC(=O)Nc1cc(Br)ccc1F. The molecule has 1 amide bonds. The molecule has 0 atom stereocenters. The molecule has 1 aromatic rings. The number of hydrogen-bond acceptors (Lipinski definition) is 2. The molecule has 0 heterocycles. The molecule has 0 radical (unpaired) electrons. The molecule has 0 aliphatic rings. The molecule has 3 nitrogen and oxygen atoms in total. The minimum Gasteiger partial charge on any atom is -0.322 e. The van der Waals surface area contributed by atoms with Crippen LogP contribution in [0.5, 0.6) is 0 Å². The maximum Gasteiger partial charge on any atom is 0.238 e. The molecule has 0 fully saturated rings. The van der Waals surface area contributed by atoms with E-state index in [1.165, 1.54) is 12.1 Å². The molecule has 76 valence electrons. The number of nitrogens with one attached hydrogen (secondary N) is 2. The topological polar surface area (TPSA) is 41.1 Å². The fraction of sp³-hybridized carbons (Fsp3) is 0.222. The molecule has 2 N–H and O–H groups in total. The molecule has 0 unspecified atom stereocenters. The standard InChI is InChI=1S/C9H10BrFN2O/c1-12-5-9(14)13-8-4-6(10)2-3-7(8)11/h2-4,12H,5H2,1H3,(H,13,14). The zero-order valence-corrected chi connectivity index (χ0v) is 9.19. The van der Waals surface area contributed by atoms with Crippen molar-refractivity contribution in [1.82, 2.24) is 5.32 Å². The highest BCUT2D eigenvalue weighted by atomic mass is 79.9. The second-order valence-electron chi connectivity index (χ2n) is 2.70. The summed E-state index contributed by atoms with van der Waals surface area (Å²) < 4.78 is 13.8. The number of amides is 1. The number of carbonyl (C=O) groups is 1. The van der Waals surface area contributed by atoms with E-state index in [0.29, 0.717) is 0 Å². The summed E-state index contributed by atoms with van der Waals surface area (Å²) in [5, 5.41) is 5.12. The number of halogens is 2. The minimum atomic E-state index is -0.447. The Kier molecular flexibility index (Phi) is 4.03. The molecule has 5 heteroatoms. The average molecular weight is 261 g/mol. The number of anilines is 1. The van der Waals surface area contributed by atoms with E-state index in [-0.39, 0.29) is 18.1 Å². The van der Waals surface area contributed by atoms with E-state index >= 15 is 0 Å². The van der Waals surface area contributed by atoms with Gasteiger partial charge in [0, 0.05) is 4.47 Å². The van der Waals surface area contributed by atoms with Crippen molar-refractivity contribution in [2.24, 2.45) is 0 Å². The number of carbonyl (C=O) groups excluding carboxylic acids is 1. The number of rotatable bonds is 3. The first-order chi connectivity index (χ1) is 6.63. The molecule has 1 rings (SSSR count). The third kappa shape index (κ3) is 3.08. The number of benzene rings is 1. The van der Waals surface area contributed by atoms with Crippen LogP contribution < -0.4 is 10.6 Å². The maximum absolute atomic E-state index is 13.1. The monoisotopic (exact) mass is 260 g/mol. The molecule has 0 aromatic heterocycles. The fourth-order valence-corrected chi connectivity index (χ4v) is 1.31. The van der Waals surface area contributed by atoms with E-state index in [2.05, 4.69) is 26.6 Å². The van der Waals surface area contributed by atoms with E-state index < -0.39 is 5.82 Å². The summed E-state index contributed by atoms with van der Waals surface area (Å²) in [6.45, 7) is 0.159. The Balaban J connectivity index is 2.75. The third-order valence-corrected chi connectivity index (χ3v) is 2.03. The number of likely N-dealkylation sites (N-methyl/N-ethyl adjacent to an activating group) is 1. The van der Waals surface area contributed by atoms with Crippen LogP contribution in [0.25, 0.3) is 0 Å². The van der Waals surface area contributed by atoms with E-state index in [0.717, 1.165) is 4.47 Å². The Labute approximate surface area is 89.8 Å². The van der Waals surface area contributed by atoms with Gasteiger partial charge in [-0.3, -0.25) is 4.79 Å². The Morgan fingerprint density at radius 2 is 2.29 bits per heavy atom. The predicted octanol–water partition coefficient (Wildman–Crippen LogP) is 1.75. The Morgan fingerprint density at radius 3 is 2.93 bits per heavy atom. The van der Waals surface area contributed by atoms with Crippen LogP contribution in [-0.4, -0.2) is 19.5 Å². The Bertz CT molecular complexity index is 344. The van der Waals surface area contributed by atoms with Gasteiger partial charge in [0.2, 0.25) is 5.91 Å². The van der Waals surface area contributed by atoms with Gasteiger partial charge in [-0.1, -0.05) is 15.9 Å². The largest absolute Gasteiger partial charge is 0.322 e. The van der Waals surface area contributed by atoms with Crippen LogP contribution in [-0.2, 0) is 4.79 Å². The van der Waals surface area contributed by atoms with Gasteiger partial charge >= 0.3 is 0 Å². The van der Waals surface area contributed by atoms with E-state index in [9.17, 15) is 9.18 Å². The second kappa shape index (κ2) is 5.07. The summed E-state index contributed by atoms with van der Waals surface area (Å²) in [5.41, 5.74) is 0.180. The zero-order chi connectivity index (χ0) is 10.6. The summed E-state index contributed by atoms with van der Waals surface area (Å²) in [7, 11) is 1.65. The highest BCUT2D eigenvalue weighted by Gasteiger charge is 2.05. The Hall–Kier alpha value is -0.940. The van der Waals surface area contributed by atoms with Gasteiger partial charge in [-0.25, -0.2) is 4.39 Å². The van der Waals surface area contributed by atoms with Crippen molar-refractivity contribution >= 4 is 27.5 Å². The lowest BCUT2D eigenvalue weighted by molar-refractivity contribution is -0.115. The van der Waals surface area contributed by atoms with Crippen molar-refractivity contribution in [2.75, 3.05) is 18.9 Å². The zero-order valence-electron chi connectivity index (χ0n) is 7.60. The summed E-state index contributed by atoms with van der Waals surface area (Å²) in [6.07, 6.45) is 0. The summed E-state index contributed by atoms with van der Waals surface area (Å²) in [4.78, 5) is 11.1. The maximum atomic E-state index is 13.1. The first-order valence-electron chi connectivity index (χ1n) is 4.03. The first-order valence-corrected chi connectivity index (χ1v) is 4.82. The quantitative estimate of drug-likeness (QED) is 0.870. The van der Waals surface area contributed by atoms with E-state index in [4.69, 9.17) is 0 Å². The van der Waals surface area contributed by atoms with Crippen LogP contribution in [0.3, 0.4) is 0 Å². The van der Waals surface area contributed by atoms with Gasteiger partial charge in [-0.15, -0.1) is 0 Å². The van der Waals surface area contributed by atoms with Gasteiger partial charge in [0.05, 0.1) is 12.2 Å². The van der Waals surface area contributed by atoms with Gasteiger partial charge in [0.15, 0.2) is 0 Å². The lowest BCUT2D eigenvalue weighted by Gasteiger charge is -2.05. The molecule has 0 saturated heterocycles. The van der Waals surface area contributed by atoms with Crippen molar-refractivity contribution in [3.05, 3.63) is 28.5 Å². The highest BCUT2D eigenvalue weighted by Crippen LogP contribution is 2.19. The highest BCUT2D eigenvalue weighted by molar-refractivity contribution is 9.10. The minimum absolute atomic E-state index is 0.159. The van der Waals surface area contributed by atoms with E-state index in [1.807, 2.05) is 0 Å². The van der Waals surface area contributed by atoms with Crippen LogP contribution in [0.15, 0.2) is 22.7 Å². The fourth-order valence-electron chi connectivity index (χ4n) is 0.948. The van der Waals surface area contributed by atoms with Crippen LogP contribution in [0, 0.1) is 5.82 Å². The van der Waals surface area contributed by atoms with Crippen molar-refractivity contribution in [2.45, 2.75) is 0 Å². The molecule has 0 spiro atoms. The lowest BCUT2D eigenvalue weighted by Crippen LogP contribution is -2.25. The normalized spacial score (nSPS) is 9.93. The smallest absolute Gasteiger partial charge is 0.238 e. The van der Waals surface area contributed by atoms with Crippen LogP contribution in [0.4, 0.5) is 10.1 Å². The molecule has 0 aliphatic heterocycles.